The van der Waals surface area contributed by atoms with Gasteiger partial charge in [0.2, 0.25) is 0 Å². The summed E-state index contributed by atoms with van der Waals surface area (Å²) in [6.07, 6.45) is 1.47. The van der Waals surface area contributed by atoms with Gasteiger partial charge in [0.25, 0.3) is 5.69 Å². The van der Waals surface area contributed by atoms with Crippen molar-refractivity contribution in [1.82, 2.24) is 4.98 Å². The number of hydrogen-bond acceptors (Lipinski definition) is 5. The highest BCUT2D eigenvalue weighted by atomic mass is 16.6. The average molecular weight is 298 g/mol. The molecule has 110 valence electrons. The molecule has 0 atom stereocenters. The fourth-order valence-corrected chi connectivity index (χ4v) is 2.48. The molecule has 3 aromatic rings. The Balaban J connectivity index is 2.57. The van der Waals surface area contributed by atoms with Gasteiger partial charge in [-0.2, -0.15) is 0 Å². The van der Waals surface area contributed by atoms with Crippen LogP contribution < -0.4 is 4.74 Å². The van der Waals surface area contributed by atoms with Gasteiger partial charge in [-0.1, -0.05) is 12.1 Å². The first-order valence-electron chi connectivity index (χ1n) is 6.30. The van der Waals surface area contributed by atoms with E-state index in [0.717, 1.165) is 0 Å². The molecule has 0 aliphatic heterocycles. The first-order chi connectivity index (χ1) is 10.5. The Morgan fingerprint density at radius 2 is 2.09 bits per heavy atom. The highest BCUT2D eigenvalue weighted by Crippen LogP contribution is 2.35. The summed E-state index contributed by atoms with van der Waals surface area (Å²) in [7, 11) is 1.49. The number of nitrogens with zero attached hydrogens (tertiary/aromatic N) is 2. The quantitative estimate of drug-likeness (QED) is 0.453. The highest BCUT2D eigenvalue weighted by molar-refractivity contribution is 6.17. The van der Waals surface area contributed by atoms with E-state index in [1.54, 1.807) is 12.1 Å². The molecule has 0 fully saturated rings. The van der Waals surface area contributed by atoms with Crippen molar-refractivity contribution in [2.75, 3.05) is 7.11 Å². The molecule has 0 aliphatic carbocycles. The van der Waals surface area contributed by atoms with E-state index >= 15 is 0 Å². The van der Waals surface area contributed by atoms with Crippen LogP contribution in [0.25, 0.3) is 21.7 Å². The summed E-state index contributed by atoms with van der Waals surface area (Å²) in [5, 5.41) is 21.7. The number of carbonyl (C=O) groups is 1. The summed E-state index contributed by atoms with van der Waals surface area (Å²) in [4.78, 5) is 26.3. The topological polar surface area (TPSA) is 103 Å². The molecule has 0 bridgehead atoms. The van der Waals surface area contributed by atoms with Crippen LogP contribution in [-0.4, -0.2) is 28.1 Å². The molecule has 0 unspecified atom stereocenters. The SMILES string of the molecule is COc1cnc2cc(C(=O)O)c3c([N+](=O)[O-])cccc3c2c1. The zero-order valence-electron chi connectivity index (χ0n) is 11.4. The van der Waals surface area contributed by atoms with E-state index < -0.39 is 10.9 Å². The lowest BCUT2D eigenvalue weighted by Crippen LogP contribution is -2.01. The molecule has 7 nitrogen and oxygen atoms in total. The zero-order valence-corrected chi connectivity index (χ0v) is 11.4. The third-order valence-corrected chi connectivity index (χ3v) is 3.44. The molecule has 2 aromatic carbocycles. The Morgan fingerprint density at radius 1 is 1.32 bits per heavy atom. The number of hydrogen-bond donors (Lipinski definition) is 1. The van der Waals surface area contributed by atoms with Gasteiger partial charge in [-0.3, -0.25) is 15.1 Å². The Labute approximate surface area is 123 Å². The van der Waals surface area contributed by atoms with Gasteiger partial charge in [-0.25, -0.2) is 4.79 Å². The lowest BCUT2D eigenvalue weighted by atomic mass is 9.98. The molecule has 0 aliphatic rings. The Kier molecular flexibility index (Phi) is 3.10. The maximum atomic E-state index is 11.5. The minimum absolute atomic E-state index is 0.0857. The number of fused-ring (bicyclic) bond motifs is 3. The second-order valence-electron chi connectivity index (χ2n) is 4.63. The van der Waals surface area contributed by atoms with E-state index in [9.17, 15) is 20.0 Å². The Hall–Kier alpha value is -3.22. The van der Waals surface area contributed by atoms with Crippen molar-refractivity contribution < 1.29 is 19.6 Å². The van der Waals surface area contributed by atoms with Crippen molar-refractivity contribution in [3.8, 4) is 5.75 Å². The number of ether oxygens (including phenoxy) is 1. The van der Waals surface area contributed by atoms with E-state index in [-0.39, 0.29) is 16.6 Å². The van der Waals surface area contributed by atoms with Crippen molar-refractivity contribution in [3.63, 3.8) is 0 Å². The van der Waals surface area contributed by atoms with Crippen molar-refractivity contribution in [2.45, 2.75) is 0 Å². The normalized spacial score (nSPS) is 10.8. The van der Waals surface area contributed by atoms with Crippen LogP contribution in [0.3, 0.4) is 0 Å². The first-order valence-corrected chi connectivity index (χ1v) is 6.30. The molecule has 22 heavy (non-hydrogen) atoms. The van der Waals surface area contributed by atoms with Gasteiger partial charge < -0.3 is 9.84 Å². The van der Waals surface area contributed by atoms with Crippen LogP contribution in [0.15, 0.2) is 36.5 Å². The number of aromatic nitrogens is 1. The second-order valence-corrected chi connectivity index (χ2v) is 4.63. The van der Waals surface area contributed by atoms with Crippen LogP contribution in [0.5, 0.6) is 5.75 Å². The number of methoxy groups -OCH3 is 1. The molecule has 0 saturated heterocycles. The molecule has 1 aromatic heterocycles. The lowest BCUT2D eigenvalue weighted by molar-refractivity contribution is -0.383. The van der Waals surface area contributed by atoms with E-state index in [2.05, 4.69) is 4.98 Å². The summed E-state index contributed by atoms with van der Waals surface area (Å²) < 4.78 is 5.11. The van der Waals surface area contributed by atoms with Crippen LogP contribution >= 0.6 is 0 Å². The van der Waals surface area contributed by atoms with E-state index in [0.29, 0.717) is 22.0 Å². The van der Waals surface area contributed by atoms with Gasteiger partial charge >= 0.3 is 5.97 Å². The van der Waals surface area contributed by atoms with Crippen molar-refractivity contribution in [1.29, 1.82) is 0 Å². The Bertz CT molecular complexity index is 936. The first kappa shape index (κ1) is 13.7. The summed E-state index contributed by atoms with van der Waals surface area (Å²) in [6, 6.07) is 7.46. The predicted octanol–water partition coefficient (Wildman–Crippen LogP) is 3.00. The van der Waals surface area contributed by atoms with Crippen molar-refractivity contribution >= 4 is 33.3 Å². The summed E-state index contributed by atoms with van der Waals surface area (Å²) in [5.41, 5.74) is 0.0401. The molecule has 7 heteroatoms. The van der Waals surface area contributed by atoms with Crippen LogP contribution in [0.4, 0.5) is 5.69 Å². The molecule has 0 amide bonds. The second kappa shape index (κ2) is 4.96. The monoisotopic (exact) mass is 298 g/mol. The van der Waals surface area contributed by atoms with Crippen LogP contribution in [0.2, 0.25) is 0 Å². The number of non-ortho nitro benzene ring substituents is 1. The summed E-state index contributed by atoms with van der Waals surface area (Å²) in [6.45, 7) is 0. The molecule has 0 spiro atoms. The number of carboxylic acids is 1. The molecule has 1 N–H and O–H groups in total. The van der Waals surface area contributed by atoms with Gasteiger partial charge in [0.1, 0.15) is 5.75 Å². The van der Waals surface area contributed by atoms with Gasteiger partial charge in [0.15, 0.2) is 0 Å². The van der Waals surface area contributed by atoms with Gasteiger partial charge in [-0.05, 0) is 17.5 Å². The van der Waals surface area contributed by atoms with E-state index in [1.165, 1.54) is 31.5 Å². The number of rotatable bonds is 3. The largest absolute Gasteiger partial charge is 0.495 e. The number of pyridine rings is 1. The average Bonchev–Trinajstić information content (AvgIpc) is 2.52. The molecule has 0 saturated carbocycles. The van der Waals surface area contributed by atoms with E-state index in [4.69, 9.17) is 4.74 Å². The van der Waals surface area contributed by atoms with Crippen LogP contribution in [-0.2, 0) is 0 Å². The third-order valence-electron chi connectivity index (χ3n) is 3.44. The molecule has 3 rings (SSSR count). The number of aromatic carboxylic acids is 1. The summed E-state index contributed by atoms with van der Waals surface area (Å²) >= 11 is 0. The van der Waals surface area contributed by atoms with E-state index in [1.807, 2.05) is 0 Å². The Morgan fingerprint density at radius 3 is 2.73 bits per heavy atom. The standard InChI is InChI=1S/C15H10N2O5/c1-22-8-5-10-9-3-2-4-13(17(20)21)14(9)11(15(18)19)6-12(10)16-7-8/h2-7H,1H3,(H,18,19). The maximum Gasteiger partial charge on any atom is 0.336 e. The zero-order chi connectivity index (χ0) is 15.9. The lowest BCUT2D eigenvalue weighted by Gasteiger charge is -2.09. The van der Waals surface area contributed by atoms with Crippen molar-refractivity contribution in [2.24, 2.45) is 0 Å². The molecule has 1 heterocycles. The predicted molar refractivity (Wildman–Crippen MR) is 79.4 cm³/mol. The summed E-state index contributed by atoms with van der Waals surface area (Å²) in [5.74, 6) is -0.748. The molecular weight excluding hydrogens is 288 g/mol. The number of nitro benzene ring substituents is 1. The minimum Gasteiger partial charge on any atom is -0.495 e. The fraction of sp³-hybridized carbons (Fsp3) is 0.0667. The maximum absolute atomic E-state index is 11.5. The minimum atomic E-state index is -1.24. The van der Waals surface area contributed by atoms with Crippen LogP contribution in [0, 0.1) is 10.1 Å². The van der Waals surface area contributed by atoms with Gasteiger partial charge in [-0.15, -0.1) is 0 Å². The third kappa shape index (κ3) is 1.99. The molecular formula is C15H10N2O5. The smallest absolute Gasteiger partial charge is 0.336 e. The fourth-order valence-electron chi connectivity index (χ4n) is 2.48. The number of nitro groups is 1. The van der Waals surface area contributed by atoms with Crippen molar-refractivity contribution in [3.05, 3.63) is 52.2 Å². The van der Waals surface area contributed by atoms with Gasteiger partial charge in [0, 0.05) is 11.5 Å². The van der Waals surface area contributed by atoms with Gasteiger partial charge in [0.05, 0.1) is 34.7 Å². The highest BCUT2D eigenvalue weighted by Gasteiger charge is 2.21. The molecule has 0 radical (unpaired) electrons. The number of carboxylic acid groups (broad SMARTS) is 1. The number of benzene rings is 2. The van der Waals surface area contributed by atoms with Crippen LogP contribution in [0.1, 0.15) is 10.4 Å².